The monoisotopic (exact) mass is 228 g/mol. The fourth-order valence-electron chi connectivity index (χ4n) is 2.54. The molecule has 0 aliphatic carbocycles. The van der Waals surface area contributed by atoms with Gasteiger partial charge in [0.05, 0.1) is 13.2 Å². The van der Waals surface area contributed by atoms with Gasteiger partial charge in [0.25, 0.3) is 0 Å². The molecule has 5 nitrogen and oxygen atoms in total. The molecular weight excluding hydrogens is 208 g/mol. The smallest absolute Gasteiger partial charge is 0.248 e. The van der Waals surface area contributed by atoms with Gasteiger partial charge >= 0.3 is 0 Å². The Morgan fingerprint density at radius 3 is 3.12 bits per heavy atom. The lowest BCUT2D eigenvalue weighted by Gasteiger charge is -2.23. The molecule has 0 aromatic heterocycles. The SMILES string of the molecule is COCCOCC(=O)N1CC[C@H]2CNC[C@H]21. The lowest BCUT2D eigenvalue weighted by Crippen LogP contribution is -2.41. The van der Waals surface area contributed by atoms with Crippen LogP contribution >= 0.6 is 0 Å². The van der Waals surface area contributed by atoms with E-state index < -0.39 is 0 Å². The predicted molar refractivity (Wildman–Crippen MR) is 59.2 cm³/mol. The highest BCUT2D eigenvalue weighted by atomic mass is 16.5. The molecule has 2 aliphatic heterocycles. The van der Waals surface area contributed by atoms with E-state index in [1.165, 1.54) is 0 Å². The van der Waals surface area contributed by atoms with Crippen molar-refractivity contribution in [2.75, 3.05) is 46.6 Å². The fourth-order valence-corrected chi connectivity index (χ4v) is 2.54. The first-order chi connectivity index (χ1) is 7.83. The minimum absolute atomic E-state index is 0.118. The molecule has 2 fully saturated rings. The van der Waals surface area contributed by atoms with Crippen LogP contribution in [0.1, 0.15) is 6.42 Å². The standard InChI is InChI=1S/C11H20N2O3/c1-15-4-5-16-8-11(14)13-3-2-9-6-12-7-10(9)13/h9-10,12H,2-8H2,1H3/t9-,10+/m0/s1. The summed E-state index contributed by atoms with van der Waals surface area (Å²) >= 11 is 0. The number of amides is 1. The number of methoxy groups -OCH3 is 1. The van der Waals surface area contributed by atoms with E-state index in [2.05, 4.69) is 5.32 Å². The Labute approximate surface area is 96.1 Å². The van der Waals surface area contributed by atoms with Gasteiger partial charge in [0, 0.05) is 32.8 Å². The third kappa shape index (κ3) is 2.53. The molecule has 0 spiro atoms. The van der Waals surface area contributed by atoms with Gasteiger partial charge in [0.2, 0.25) is 5.91 Å². The molecule has 0 radical (unpaired) electrons. The van der Waals surface area contributed by atoms with Crippen molar-refractivity contribution >= 4 is 5.91 Å². The number of rotatable bonds is 5. The Bertz CT molecular complexity index is 247. The Kier molecular flexibility index (Phi) is 4.15. The van der Waals surface area contributed by atoms with Crippen molar-refractivity contribution in [2.24, 2.45) is 5.92 Å². The molecule has 92 valence electrons. The van der Waals surface area contributed by atoms with Gasteiger partial charge in [-0.15, -0.1) is 0 Å². The average molecular weight is 228 g/mol. The minimum atomic E-state index is 0.118. The van der Waals surface area contributed by atoms with E-state index in [9.17, 15) is 4.79 Å². The van der Waals surface area contributed by atoms with Crippen LogP contribution in [0, 0.1) is 5.92 Å². The highest BCUT2D eigenvalue weighted by Crippen LogP contribution is 2.26. The van der Waals surface area contributed by atoms with E-state index in [0.717, 1.165) is 26.1 Å². The molecule has 0 aromatic rings. The maximum Gasteiger partial charge on any atom is 0.248 e. The maximum absolute atomic E-state index is 11.9. The Morgan fingerprint density at radius 2 is 2.31 bits per heavy atom. The molecule has 0 saturated carbocycles. The van der Waals surface area contributed by atoms with Gasteiger partial charge in [-0.2, -0.15) is 0 Å². The normalized spacial score (nSPS) is 28.4. The number of ether oxygens (including phenoxy) is 2. The molecule has 2 aliphatic rings. The number of carbonyl (C=O) groups is 1. The molecule has 16 heavy (non-hydrogen) atoms. The molecule has 2 atom stereocenters. The van der Waals surface area contributed by atoms with Gasteiger partial charge in [0.1, 0.15) is 6.61 Å². The van der Waals surface area contributed by atoms with Crippen LogP contribution in [0.25, 0.3) is 0 Å². The van der Waals surface area contributed by atoms with E-state index in [0.29, 0.717) is 25.2 Å². The van der Waals surface area contributed by atoms with Crippen molar-refractivity contribution in [1.82, 2.24) is 10.2 Å². The zero-order valence-corrected chi connectivity index (χ0v) is 9.78. The first-order valence-corrected chi connectivity index (χ1v) is 5.90. The lowest BCUT2D eigenvalue weighted by atomic mass is 10.1. The Hall–Kier alpha value is -0.650. The molecule has 5 heteroatoms. The van der Waals surface area contributed by atoms with Gasteiger partial charge in [-0.1, -0.05) is 0 Å². The first kappa shape index (κ1) is 11.8. The predicted octanol–water partition coefficient (Wildman–Crippen LogP) is -0.530. The summed E-state index contributed by atoms with van der Waals surface area (Å²) in [7, 11) is 1.63. The van der Waals surface area contributed by atoms with E-state index >= 15 is 0 Å². The second-order valence-corrected chi connectivity index (χ2v) is 4.41. The molecule has 0 bridgehead atoms. The van der Waals surface area contributed by atoms with Crippen molar-refractivity contribution in [3.05, 3.63) is 0 Å². The van der Waals surface area contributed by atoms with Crippen LogP contribution in [0.2, 0.25) is 0 Å². The van der Waals surface area contributed by atoms with E-state index in [1.807, 2.05) is 4.90 Å². The third-order valence-electron chi connectivity index (χ3n) is 3.42. The zero-order valence-electron chi connectivity index (χ0n) is 9.78. The van der Waals surface area contributed by atoms with Gasteiger partial charge in [0.15, 0.2) is 0 Å². The first-order valence-electron chi connectivity index (χ1n) is 5.90. The summed E-state index contributed by atoms with van der Waals surface area (Å²) < 4.78 is 10.1. The molecule has 1 amide bonds. The number of hydrogen-bond acceptors (Lipinski definition) is 4. The van der Waals surface area contributed by atoms with Crippen LogP contribution in [0.15, 0.2) is 0 Å². The van der Waals surface area contributed by atoms with Crippen LogP contribution in [0.4, 0.5) is 0 Å². The number of fused-ring (bicyclic) bond motifs is 1. The second kappa shape index (κ2) is 5.61. The Morgan fingerprint density at radius 1 is 1.44 bits per heavy atom. The lowest BCUT2D eigenvalue weighted by molar-refractivity contribution is -0.137. The third-order valence-corrected chi connectivity index (χ3v) is 3.42. The van der Waals surface area contributed by atoms with Gasteiger partial charge in [-0.3, -0.25) is 4.79 Å². The Balaban J connectivity index is 1.72. The van der Waals surface area contributed by atoms with E-state index in [-0.39, 0.29) is 12.5 Å². The number of hydrogen-bond donors (Lipinski definition) is 1. The molecular formula is C11H20N2O3. The molecule has 0 unspecified atom stereocenters. The summed E-state index contributed by atoms with van der Waals surface area (Å²) in [4.78, 5) is 13.9. The molecule has 0 aromatic carbocycles. The van der Waals surface area contributed by atoms with Gasteiger partial charge < -0.3 is 19.7 Å². The fraction of sp³-hybridized carbons (Fsp3) is 0.909. The van der Waals surface area contributed by atoms with Crippen molar-refractivity contribution < 1.29 is 14.3 Å². The van der Waals surface area contributed by atoms with E-state index in [1.54, 1.807) is 7.11 Å². The van der Waals surface area contributed by atoms with Crippen LogP contribution in [-0.2, 0) is 14.3 Å². The number of carbonyl (C=O) groups excluding carboxylic acids is 1. The van der Waals surface area contributed by atoms with Crippen molar-refractivity contribution in [3.63, 3.8) is 0 Å². The summed E-state index contributed by atoms with van der Waals surface area (Å²) in [5, 5.41) is 3.33. The summed E-state index contributed by atoms with van der Waals surface area (Å²) in [6.45, 7) is 4.10. The summed E-state index contributed by atoms with van der Waals surface area (Å²) in [5.41, 5.74) is 0. The highest BCUT2D eigenvalue weighted by molar-refractivity contribution is 5.78. The van der Waals surface area contributed by atoms with Crippen LogP contribution in [0.5, 0.6) is 0 Å². The molecule has 2 saturated heterocycles. The number of nitrogens with one attached hydrogen (secondary N) is 1. The molecule has 2 heterocycles. The van der Waals surface area contributed by atoms with Crippen molar-refractivity contribution in [1.29, 1.82) is 0 Å². The van der Waals surface area contributed by atoms with Crippen molar-refractivity contribution in [3.8, 4) is 0 Å². The van der Waals surface area contributed by atoms with Crippen LogP contribution in [-0.4, -0.2) is 63.4 Å². The average Bonchev–Trinajstić information content (AvgIpc) is 2.85. The number of nitrogens with zero attached hydrogens (tertiary/aromatic N) is 1. The minimum Gasteiger partial charge on any atom is -0.382 e. The molecule has 1 N–H and O–H groups in total. The van der Waals surface area contributed by atoms with Crippen LogP contribution in [0.3, 0.4) is 0 Å². The van der Waals surface area contributed by atoms with E-state index in [4.69, 9.17) is 9.47 Å². The summed E-state index contributed by atoms with van der Waals surface area (Å²) in [6.07, 6.45) is 1.13. The quantitative estimate of drug-likeness (QED) is 0.643. The summed E-state index contributed by atoms with van der Waals surface area (Å²) in [6, 6.07) is 0.401. The van der Waals surface area contributed by atoms with Crippen molar-refractivity contribution in [2.45, 2.75) is 12.5 Å². The zero-order chi connectivity index (χ0) is 11.4. The topological polar surface area (TPSA) is 50.8 Å². The van der Waals surface area contributed by atoms with Gasteiger partial charge in [-0.05, 0) is 12.3 Å². The maximum atomic E-state index is 11.9. The largest absolute Gasteiger partial charge is 0.382 e. The molecule has 2 rings (SSSR count). The highest BCUT2D eigenvalue weighted by Gasteiger charge is 2.39. The van der Waals surface area contributed by atoms with Crippen LogP contribution < -0.4 is 5.32 Å². The van der Waals surface area contributed by atoms with Gasteiger partial charge in [-0.25, -0.2) is 0 Å². The second-order valence-electron chi connectivity index (χ2n) is 4.41. The summed E-state index contributed by atoms with van der Waals surface area (Å²) in [5.74, 6) is 0.773. The number of likely N-dealkylation sites (tertiary alicyclic amines) is 1.